The first kappa shape index (κ1) is 20.1. The molecule has 0 atom stereocenters. The highest BCUT2D eigenvalue weighted by molar-refractivity contribution is 5.53. The lowest BCUT2D eigenvalue weighted by atomic mass is 9.79. The van der Waals surface area contributed by atoms with Crippen molar-refractivity contribution in [1.29, 1.82) is 0 Å². The maximum atomic E-state index is 5.59. The summed E-state index contributed by atoms with van der Waals surface area (Å²) in [4.78, 5) is 4.73. The third kappa shape index (κ3) is 5.43. The number of nitrogens with zero attached hydrogens (tertiary/aromatic N) is 2. The van der Waals surface area contributed by atoms with Crippen molar-refractivity contribution in [2.24, 2.45) is 5.92 Å². The highest BCUT2D eigenvalue weighted by Gasteiger charge is 2.26. The van der Waals surface area contributed by atoms with Gasteiger partial charge >= 0.3 is 0 Å². The minimum atomic E-state index is 0.160. The average molecular weight is 369 g/mol. The lowest BCUT2D eigenvalue weighted by Crippen LogP contribution is -2.14. The van der Waals surface area contributed by atoms with E-state index in [0.717, 1.165) is 17.3 Å². The van der Waals surface area contributed by atoms with Gasteiger partial charge in [0.05, 0.1) is 0 Å². The van der Waals surface area contributed by atoms with Crippen molar-refractivity contribution in [2.45, 2.75) is 96.8 Å². The molecule has 1 aromatic heterocycles. The molecule has 0 aliphatic heterocycles. The van der Waals surface area contributed by atoms with Gasteiger partial charge in [0, 0.05) is 11.5 Å². The molecule has 3 heteroatoms. The number of aromatic nitrogens is 2. The summed E-state index contributed by atoms with van der Waals surface area (Å²) in [5, 5.41) is 4.31. The van der Waals surface area contributed by atoms with Gasteiger partial charge in [-0.15, -0.1) is 0 Å². The van der Waals surface area contributed by atoms with Crippen molar-refractivity contribution >= 4 is 0 Å². The van der Waals surface area contributed by atoms with Crippen molar-refractivity contribution in [1.82, 2.24) is 10.1 Å². The van der Waals surface area contributed by atoms with Gasteiger partial charge in [0.2, 0.25) is 0 Å². The number of benzene rings is 1. The van der Waals surface area contributed by atoms with Gasteiger partial charge in [0.15, 0.2) is 5.82 Å². The Hall–Kier alpha value is -1.64. The molecule has 27 heavy (non-hydrogen) atoms. The summed E-state index contributed by atoms with van der Waals surface area (Å²) in [7, 11) is 0. The molecule has 148 valence electrons. The molecule has 1 aromatic carbocycles. The van der Waals surface area contributed by atoms with E-state index in [1.165, 1.54) is 63.4 Å². The molecule has 0 amide bonds. The van der Waals surface area contributed by atoms with Gasteiger partial charge in [-0.05, 0) is 54.7 Å². The molecule has 0 bridgehead atoms. The zero-order valence-corrected chi connectivity index (χ0v) is 17.6. The largest absolute Gasteiger partial charge is 0.334 e. The van der Waals surface area contributed by atoms with Crippen LogP contribution < -0.4 is 0 Å². The van der Waals surface area contributed by atoms with E-state index in [0.29, 0.717) is 11.8 Å². The number of unbranched alkanes of at least 4 members (excludes halogenated alkanes) is 3. The Labute approximate surface area is 165 Å². The van der Waals surface area contributed by atoms with Crippen LogP contribution in [0.15, 0.2) is 28.8 Å². The van der Waals surface area contributed by atoms with Crippen LogP contribution in [-0.2, 0) is 5.41 Å². The third-order valence-corrected chi connectivity index (χ3v) is 6.12. The summed E-state index contributed by atoms with van der Waals surface area (Å²) in [6, 6.07) is 8.54. The van der Waals surface area contributed by atoms with E-state index in [9.17, 15) is 0 Å². The molecule has 0 saturated heterocycles. The molecule has 2 aromatic rings. The van der Waals surface area contributed by atoms with Crippen LogP contribution in [0.25, 0.3) is 11.5 Å². The van der Waals surface area contributed by atoms with Crippen LogP contribution >= 0.6 is 0 Å². The normalized spacial score (nSPS) is 20.7. The molecule has 3 nitrogen and oxygen atoms in total. The first-order chi connectivity index (χ1) is 13.0. The Morgan fingerprint density at radius 2 is 1.67 bits per heavy atom. The van der Waals surface area contributed by atoms with E-state index in [1.54, 1.807) is 0 Å². The third-order valence-electron chi connectivity index (χ3n) is 6.12. The minimum absolute atomic E-state index is 0.160. The van der Waals surface area contributed by atoms with Gasteiger partial charge in [0.1, 0.15) is 0 Å². The van der Waals surface area contributed by atoms with Crippen molar-refractivity contribution < 1.29 is 4.52 Å². The Morgan fingerprint density at radius 1 is 0.963 bits per heavy atom. The van der Waals surface area contributed by atoms with E-state index in [4.69, 9.17) is 9.51 Å². The fourth-order valence-electron chi connectivity index (χ4n) is 4.20. The summed E-state index contributed by atoms with van der Waals surface area (Å²) in [6.45, 7) is 8.97. The minimum Gasteiger partial charge on any atom is -0.334 e. The predicted molar refractivity (Wildman–Crippen MR) is 112 cm³/mol. The van der Waals surface area contributed by atoms with Crippen molar-refractivity contribution in [2.75, 3.05) is 0 Å². The first-order valence-corrected chi connectivity index (χ1v) is 10.9. The van der Waals surface area contributed by atoms with Gasteiger partial charge in [-0.2, -0.15) is 4.98 Å². The Balaban J connectivity index is 1.54. The van der Waals surface area contributed by atoms with Gasteiger partial charge in [-0.25, -0.2) is 0 Å². The zero-order chi connectivity index (χ0) is 19.3. The zero-order valence-electron chi connectivity index (χ0n) is 17.6. The molecule has 0 spiro atoms. The monoisotopic (exact) mass is 368 g/mol. The molecular weight excluding hydrogens is 332 g/mol. The predicted octanol–water partition coefficient (Wildman–Crippen LogP) is 7.28. The maximum Gasteiger partial charge on any atom is 0.257 e. The molecule has 1 heterocycles. The van der Waals surface area contributed by atoms with Gasteiger partial charge < -0.3 is 4.52 Å². The fraction of sp³-hybridized carbons (Fsp3) is 0.667. The molecular formula is C24H36N2O. The standard InChI is InChI=1S/C24H36N2O/c1-5-6-7-8-9-18-10-12-19(13-11-18)22-25-23(27-26-22)20-14-16-21(17-15-20)24(2,3)4/h14-19H,5-13H2,1-4H3. The second-order valence-corrected chi connectivity index (χ2v) is 9.35. The van der Waals surface area contributed by atoms with E-state index >= 15 is 0 Å². The Bertz CT molecular complexity index is 688. The van der Waals surface area contributed by atoms with Crippen molar-refractivity contribution in [3.8, 4) is 11.5 Å². The Morgan fingerprint density at radius 3 is 2.30 bits per heavy atom. The van der Waals surface area contributed by atoms with Crippen molar-refractivity contribution in [3.05, 3.63) is 35.7 Å². The van der Waals surface area contributed by atoms with E-state index in [-0.39, 0.29) is 5.41 Å². The summed E-state index contributed by atoms with van der Waals surface area (Å²) < 4.78 is 5.59. The van der Waals surface area contributed by atoms with Crippen LogP contribution in [0, 0.1) is 5.92 Å². The van der Waals surface area contributed by atoms with E-state index < -0.39 is 0 Å². The fourth-order valence-corrected chi connectivity index (χ4v) is 4.20. The van der Waals surface area contributed by atoms with Gasteiger partial charge in [0.25, 0.3) is 5.89 Å². The maximum absolute atomic E-state index is 5.59. The van der Waals surface area contributed by atoms with Crippen LogP contribution in [0.2, 0.25) is 0 Å². The molecule has 1 aliphatic rings. The highest BCUT2D eigenvalue weighted by Crippen LogP contribution is 2.37. The van der Waals surface area contributed by atoms with Crippen LogP contribution in [-0.4, -0.2) is 10.1 Å². The Kier molecular flexibility index (Phi) is 6.73. The highest BCUT2D eigenvalue weighted by atomic mass is 16.5. The molecule has 0 N–H and O–H groups in total. The molecule has 1 aliphatic carbocycles. The molecule has 0 unspecified atom stereocenters. The van der Waals surface area contributed by atoms with Crippen molar-refractivity contribution in [3.63, 3.8) is 0 Å². The topological polar surface area (TPSA) is 38.9 Å². The quantitative estimate of drug-likeness (QED) is 0.482. The summed E-state index contributed by atoms with van der Waals surface area (Å²) in [5.74, 6) is 2.96. The number of hydrogen-bond acceptors (Lipinski definition) is 3. The first-order valence-electron chi connectivity index (χ1n) is 10.9. The van der Waals surface area contributed by atoms with E-state index in [1.807, 2.05) is 0 Å². The van der Waals surface area contributed by atoms with Crippen LogP contribution in [0.1, 0.15) is 103 Å². The summed E-state index contributed by atoms with van der Waals surface area (Å²) >= 11 is 0. The SMILES string of the molecule is CCCCCCC1CCC(c2noc(-c3ccc(C(C)(C)C)cc3)n2)CC1. The number of hydrogen-bond donors (Lipinski definition) is 0. The lowest BCUT2D eigenvalue weighted by molar-refractivity contribution is 0.291. The summed E-state index contributed by atoms with van der Waals surface area (Å²) in [5.41, 5.74) is 2.50. The lowest BCUT2D eigenvalue weighted by Gasteiger charge is -2.26. The van der Waals surface area contributed by atoms with E-state index in [2.05, 4.69) is 57.1 Å². The van der Waals surface area contributed by atoms with Crippen LogP contribution in [0.4, 0.5) is 0 Å². The van der Waals surface area contributed by atoms with Crippen LogP contribution in [0.5, 0.6) is 0 Å². The van der Waals surface area contributed by atoms with Crippen LogP contribution in [0.3, 0.4) is 0 Å². The molecule has 3 rings (SSSR count). The smallest absolute Gasteiger partial charge is 0.257 e. The van der Waals surface area contributed by atoms with Gasteiger partial charge in [-0.1, -0.05) is 77.1 Å². The average Bonchev–Trinajstić information content (AvgIpc) is 3.15. The summed E-state index contributed by atoms with van der Waals surface area (Å²) in [6.07, 6.45) is 12.0. The van der Waals surface area contributed by atoms with Gasteiger partial charge in [-0.3, -0.25) is 0 Å². The molecule has 1 saturated carbocycles. The molecule has 0 radical (unpaired) electrons. The second-order valence-electron chi connectivity index (χ2n) is 9.35. The number of rotatable bonds is 7. The second kappa shape index (κ2) is 9.03. The molecule has 1 fully saturated rings.